The molecule has 3 rings (SSSR count). The van der Waals surface area contributed by atoms with Crippen molar-refractivity contribution in [3.8, 4) is 0 Å². The lowest BCUT2D eigenvalue weighted by Gasteiger charge is -2.23. The average molecular weight is 279 g/mol. The minimum Gasteiger partial charge on any atom is -0.316 e. The van der Waals surface area contributed by atoms with Crippen molar-refractivity contribution in [2.24, 2.45) is 5.92 Å². The third-order valence-electron chi connectivity index (χ3n) is 4.19. The third-order valence-corrected chi connectivity index (χ3v) is 4.50. The maximum Gasteiger partial charge on any atom is 0.231 e. The zero-order chi connectivity index (χ0) is 13.6. The van der Waals surface area contributed by atoms with Crippen molar-refractivity contribution in [1.29, 1.82) is 0 Å². The number of rotatable bonds is 1. The van der Waals surface area contributed by atoms with Crippen molar-refractivity contribution in [3.05, 3.63) is 28.8 Å². The molecule has 1 N–H and O–H groups in total. The van der Waals surface area contributed by atoms with Crippen molar-refractivity contribution >= 4 is 23.2 Å². The highest BCUT2D eigenvalue weighted by molar-refractivity contribution is 6.32. The highest BCUT2D eigenvalue weighted by Crippen LogP contribution is 2.44. The number of halogens is 1. The SMILES string of the molecule is CC1(C)CN(C(=O)C2CCNC2)c2cccc(Cl)c21. The molecule has 1 amide bonds. The Morgan fingerprint density at radius 2 is 2.26 bits per heavy atom. The number of nitrogens with zero attached hydrogens (tertiary/aromatic N) is 1. The van der Waals surface area contributed by atoms with Crippen molar-refractivity contribution < 1.29 is 4.79 Å². The summed E-state index contributed by atoms with van der Waals surface area (Å²) in [7, 11) is 0. The number of nitrogens with one attached hydrogen (secondary N) is 1. The summed E-state index contributed by atoms with van der Waals surface area (Å²) >= 11 is 6.33. The number of fused-ring (bicyclic) bond motifs is 1. The second-order valence-corrected chi connectivity index (χ2v) is 6.54. The number of carbonyl (C=O) groups is 1. The van der Waals surface area contributed by atoms with Gasteiger partial charge in [-0.2, -0.15) is 0 Å². The van der Waals surface area contributed by atoms with E-state index in [0.29, 0.717) is 0 Å². The van der Waals surface area contributed by atoms with Gasteiger partial charge in [0.25, 0.3) is 0 Å². The smallest absolute Gasteiger partial charge is 0.231 e. The lowest BCUT2D eigenvalue weighted by molar-refractivity contribution is -0.121. The van der Waals surface area contributed by atoms with Crippen molar-refractivity contribution in [1.82, 2.24) is 5.32 Å². The first-order valence-corrected chi connectivity index (χ1v) is 7.19. The average Bonchev–Trinajstić information content (AvgIpc) is 2.95. The van der Waals surface area contributed by atoms with E-state index in [1.54, 1.807) is 0 Å². The van der Waals surface area contributed by atoms with E-state index in [1.807, 2.05) is 23.1 Å². The predicted octanol–water partition coefficient (Wildman–Crippen LogP) is 2.57. The van der Waals surface area contributed by atoms with Gasteiger partial charge < -0.3 is 10.2 Å². The Bertz CT molecular complexity index is 521. The molecular formula is C15H19ClN2O. The van der Waals surface area contributed by atoms with Gasteiger partial charge in [-0.05, 0) is 25.1 Å². The van der Waals surface area contributed by atoms with Crippen LogP contribution in [0.25, 0.3) is 0 Å². The lowest BCUT2D eigenvalue weighted by atomic mass is 9.87. The van der Waals surface area contributed by atoms with Crippen LogP contribution in [-0.2, 0) is 10.2 Å². The molecule has 0 aromatic heterocycles. The molecule has 1 aromatic rings. The summed E-state index contributed by atoms with van der Waals surface area (Å²) in [5.74, 6) is 0.347. The summed E-state index contributed by atoms with van der Waals surface area (Å²) in [6.45, 7) is 6.76. The molecule has 2 heterocycles. The molecule has 0 spiro atoms. The number of hydrogen-bond donors (Lipinski definition) is 1. The van der Waals surface area contributed by atoms with Crippen LogP contribution in [0.1, 0.15) is 25.8 Å². The Balaban J connectivity index is 1.98. The number of carbonyl (C=O) groups excluding carboxylic acids is 1. The number of benzene rings is 1. The monoisotopic (exact) mass is 278 g/mol. The number of anilines is 1. The standard InChI is InChI=1S/C15H19ClN2O/c1-15(2)9-18(14(19)10-6-7-17-8-10)12-5-3-4-11(16)13(12)15/h3-5,10,17H,6-9H2,1-2H3. The minimum atomic E-state index is -0.0740. The summed E-state index contributed by atoms with van der Waals surface area (Å²) in [5.41, 5.74) is 2.03. The van der Waals surface area contributed by atoms with Crippen molar-refractivity contribution in [2.45, 2.75) is 25.7 Å². The molecular weight excluding hydrogens is 260 g/mol. The van der Waals surface area contributed by atoms with Crippen LogP contribution in [-0.4, -0.2) is 25.5 Å². The van der Waals surface area contributed by atoms with Crippen LogP contribution < -0.4 is 10.2 Å². The van der Waals surface area contributed by atoms with E-state index in [2.05, 4.69) is 19.2 Å². The van der Waals surface area contributed by atoms with Crippen LogP contribution in [0.15, 0.2) is 18.2 Å². The Morgan fingerprint density at radius 3 is 2.95 bits per heavy atom. The molecule has 1 saturated heterocycles. The molecule has 102 valence electrons. The Kier molecular flexibility index (Phi) is 3.06. The molecule has 2 aliphatic rings. The summed E-state index contributed by atoms with van der Waals surface area (Å²) < 4.78 is 0. The van der Waals surface area contributed by atoms with E-state index >= 15 is 0 Å². The van der Waals surface area contributed by atoms with Gasteiger partial charge in [0.05, 0.1) is 5.92 Å². The first-order valence-electron chi connectivity index (χ1n) is 6.82. The normalized spacial score (nSPS) is 24.6. The molecule has 1 atom stereocenters. The second kappa shape index (κ2) is 4.50. The van der Waals surface area contributed by atoms with Gasteiger partial charge in [-0.15, -0.1) is 0 Å². The Morgan fingerprint density at radius 1 is 1.47 bits per heavy atom. The van der Waals surface area contributed by atoms with Gasteiger partial charge in [0.2, 0.25) is 5.91 Å². The molecule has 1 fully saturated rings. The van der Waals surface area contributed by atoms with E-state index in [-0.39, 0.29) is 17.2 Å². The van der Waals surface area contributed by atoms with Gasteiger partial charge in [0.1, 0.15) is 0 Å². The quantitative estimate of drug-likeness (QED) is 0.856. The third kappa shape index (κ3) is 2.05. The molecule has 0 bridgehead atoms. The van der Waals surface area contributed by atoms with Gasteiger partial charge in [-0.3, -0.25) is 4.79 Å². The van der Waals surface area contributed by atoms with Crippen LogP contribution >= 0.6 is 11.6 Å². The van der Waals surface area contributed by atoms with Crippen molar-refractivity contribution in [2.75, 3.05) is 24.5 Å². The fourth-order valence-electron chi connectivity index (χ4n) is 3.25. The molecule has 19 heavy (non-hydrogen) atoms. The molecule has 0 radical (unpaired) electrons. The van der Waals surface area contributed by atoms with E-state index in [0.717, 1.165) is 42.3 Å². The van der Waals surface area contributed by atoms with Crippen molar-refractivity contribution in [3.63, 3.8) is 0 Å². The largest absolute Gasteiger partial charge is 0.316 e. The predicted molar refractivity (Wildman–Crippen MR) is 77.8 cm³/mol. The second-order valence-electron chi connectivity index (χ2n) is 6.13. The molecule has 1 aromatic carbocycles. The maximum atomic E-state index is 12.7. The molecule has 0 aliphatic carbocycles. The summed E-state index contributed by atoms with van der Waals surface area (Å²) in [5, 5.41) is 4.03. The van der Waals surface area contributed by atoms with E-state index < -0.39 is 0 Å². The van der Waals surface area contributed by atoms with Crippen LogP contribution in [0.4, 0.5) is 5.69 Å². The fourth-order valence-corrected chi connectivity index (χ4v) is 3.67. The van der Waals surface area contributed by atoms with Crippen LogP contribution in [0, 0.1) is 5.92 Å². The Labute approximate surface area is 118 Å². The molecule has 3 nitrogen and oxygen atoms in total. The van der Waals surface area contributed by atoms with Gasteiger partial charge in [0, 0.05) is 34.8 Å². The summed E-state index contributed by atoms with van der Waals surface area (Å²) in [6, 6.07) is 5.85. The molecule has 2 aliphatic heterocycles. The van der Waals surface area contributed by atoms with Gasteiger partial charge in [0.15, 0.2) is 0 Å². The molecule has 1 unspecified atom stereocenters. The van der Waals surface area contributed by atoms with E-state index in [1.165, 1.54) is 0 Å². The first-order chi connectivity index (χ1) is 9.00. The Hall–Kier alpha value is -1.06. The van der Waals surface area contributed by atoms with E-state index in [9.17, 15) is 4.79 Å². The summed E-state index contributed by atoms with van der Waals surface area (Å²) in [6.07, 6.45) is 0.936. The van der Waals surface area contributed by atoms with Gasteiger partial charge in [-0.1, -0.05) is 31.5 Å². The molecule has 4 heteroatoms. The highest BCUT2D eigenvalue weighted by Gasteiger charge is 2.41. The van der Waals surface area contributed by atoms with Crippen LogP contribution in [0.2, 0.25) is 5.02 Å². The fraction of sp³-hybridized carbons (Fsp3) is 0.533. The minimum absolute atomic E-state index is 0.0740. The molecule has 0 saturated carbocycles. The number of amides is 1. The lowest BCUT2D eigenvalue weighted by Crippen LogP contribution is -2.38. The number of hydrogen-bond acceptors (Lipinski definition) is 2. The maximum absolute atomic E-state index is 12.7. The summed E-state index contributed by atoms with van der Waals surface area (Å²) in [4.78, 5) is 14.6. The topological polar surface area (TPSA) is 32.3 Å². The zero-order valence-electron chi connectivity index (χ0n) is 11.4. The van der Waals surface area contributed by atoms with Crippen LogP contribution in [0.5, 0.6) is 0 Å². The highest BCUT2D eigenvalue weighted by atomic mass is 35.5. The van der Waals surface area contributed by atoms with Gasteiger partial charge >= 0.3 is 0 Å². The van der Waals surface area contributed by atoms with Crippen LogP contribution in [0.3, 0.4) is 0 Å². The van der Waals surface area contributed by atoms with Gasteiger partial charge in [-0.25, -0.2) is 0 Å². The zero-order valence-corrected chi connectivity index (χ0v) is 12.1. The van der Waals surface area contributed by atoms with E-state index in [4.69, 9.17) is 11.6 Å². The first kappa shape index (κ1) is 12.9.